The van der Waals surface area contributed by atoms with Crippen LogP contribution in [0.5, 0.6) is 0 Å². The Labute approximate surface area is 62.6 Å². The predicted octanol–water partition coefficient (Wildman–Crippen LogP) is 0.234. The molecule has 0 fully saturated rings. The van der Waals surface area contributed by atoms with E-state index in [0.29, 0.717) is 0 Å². The summed E-state index contributed by atoms with van der Waals surface area (Å²) in [5.74, 6) is -5.66. The van der Waals surface area contributed by atoms with E-state index in [1.807, 2.05) is 0 Å². The molecular formula is C6H8O5. The summed E-state index contributed by atoms with van der Waals surface area (Å²) in [5, 5.41) is 25.3. The van der Waals surface area contributed by atoms with Gasteiger partial charge in [0.25, 0.3) is 0 Å². The maximum Gasteiger partial charge on any atom is 0.325 e. The molecule has 0 aliphatic heterocycles. The van der Waals surface area contributed by atoms with Crippen molar-refractivity contribution in [3.05, 3.63) is 11.8 Å². The summed E-state index contributed by atoms with van der Waals surface area (Å²) >= 11 is 0. The molecule has 0 heterocycles. The summed E-state index contributed by atoms with van der Waals surface area (Å²) < 4.78 is 0. The number of aliphatic hydroxyl groups excluding tert-OH is 1. The van der Waals surface area contributed by atoms with Crippen molar-refractivity contribution in [1.82, 2.24) is 0 Å². The molecule has 0 aliphatic carbocycles. The van der Waals surface area contributed by atoms with E-state index in [0.717, 1.165) is 6.08 Å². The van der Waals surface area contributed by atoms with Crippen LogP contribution in [0, 0.1) is 5.92 Å². The van der Waals surface area contributed by atoms with E-state index in [2.05, 4.69) is 0 Å². The van der Waals surface area contributed by atoms with Gasteiger partial charge in [-0.2, -0.15) is 0 Å². The number of hydrogen-bond donors (Lipinski definition) is 3. The van der Waals surface area contributed by atoms with E-state index in [4.69, 9.17) is 15.3 Å². The molecule has 0 saturated carbocycles. The van der Waals surface area contributed by atoms with Gasteiger partial charge in [-0.05, 0) is 13.0 Å². The molecule has 0 rings (SSSR count). The first kappa shape index (κ1) is 9.48. The van der Waals surface area contributed by atoms with Crippen LogP contribution >= 0.6 is 0 Å². The van der Waals surface area contributed by atoms with E-state index in [9.17, 15) is 9.59 Å². The van der Waals surface area contributed by atoms with E-state index >= 15 is 0 Å². The average molecular weight is 160 g/mol. The van der Waals surface area contributed by atoms with Gasteiger partial charge in [0.05, 0.1) is 0 Å². The lowest BCUT2D eigenvalue weighted by molar-refractivity contribution is -0.153. The van der Waals surface area contributed by atoms with Crippen LogP contribution in [0.25, 0.3) is 0 Å². The maximum atomic E-state index is 10.2. The third-order valence-corrected chi connectivity index (χ3v) is 1.09. The molecule has 0 amide bonds. The number of hydrogen-bond acceptors (Lipinski definition) is 3. The van der Waals surface area contributed by atoms with Gasteiger partial charge in [0.2, 0.25) is 5.92 Å². The highest BCUT2D eigenvalue weighted by atomic mass is 16.4. The highest BCUT2D eigenvalue weighted by Crippen LogP contribution is 2.07. The summed E-state index contributed by atoms with van der Waals surface area (Å²) in [7, 11) is 0. The fourth-order valence-corrected chi connectivity index (χ4v) is 0.525. The Morgan fingerprint density at radius 3 is 1.64 bits per heavy atom. The topological polar surface area (TPSA) is 94.8 Å². The van der Waals surface area contributed by atoms with Crippen molar-refractivity contribution in [3.63, 3.8) is 0 Å². The summed E-state index contributed by atoms with van der Waals surface area (Å²) in [6.07, 6.45) is 1.03. The number of rotatable bonds is 3. The number of allylic oxidation sites excluding steroid dienone is 1. The van der Waals surface area contributed by atoms with Gasteiger partial charge in [0.1, 0.15) is 5.76 Å². The van der Waals surface area contributed by atoms with Gasteiger partial charge in [-0.3, -0.25) is 9.59 Å². The van der Waals surface area contributed by atoms with Gasteiger partial charge in [0.15, 0.2) is 0 Å². The molecule has 5 nitrogen and oxygen atoms in total. The lowest BCUT2D eigenvalue weighted by Gasteiger charge is -2.04. The fraction of sp³-hybridized carbons (Fsp3) is 0.333. The zero-order chi connectivity index (χ0) is 9.02. The minimum Gasteiger partial charge on any atom is -0.511 e. The van der Waals surface area contributed by atoms with Gasteiger partial charge in [0, 0.05) is 0 Å². The number of aliphatic carboxylic acids is 2. The minimum atomic E-state index is -1.85. The van der Waals surface area contributed by atoms with Gasteiger partial charge in [-0.15, -0.1) is 0 Å². The van der Waals surface area contributed by atoms with Crippen molar-refractivity contribution < 1.29 is 24.9 Å². The summed E-state index contributed by atoms with van der Waals surface area (Å²) in [6, 6.07) is 0. The Morgan fingerprint density at radius 2 is 1.55 bits per heavy atom. The van der Waals surface area contributed by atoms with Crippen molar-refractivity contribution in [2.24, 2.45) is 5.92 Å². The average Bonchev–Trinajstić information content (AvgIpc) is 1.85. The van der Waals surface area contributed by atoms with Gasteiger partial charge in [-0.25, -0.2) is 0 Å². The van der Waals surface area contributed by atoms with Crippen LogP contribution in [0.2, 0.25) is 0 Å². The maximum absolute atomic E-state index is 10.2. The van der Waals surface area contributed by atoms with Crippen LogP contribution in [0.4, 0.5) is 0 Å². The Bertz CT molecular complexity index is 191. The number of carboxylic acids is 2. The van der Waals surface area contributed by atoms with Crippen LogP contribution in [-0.2, 0) is 9.59 Å². The van der Waals surface area contributed by atoms with Gasteiger partial charge < -0.3 is 15.3 Å². The van der Waals surface area contributed by atoms with Gasteiger partial charge >= 0.3 is 11.9 Å². The second-order valence-electron chi connectivity index (χ2n) is 1.82. The molecule has 0 spiro atoms. The molecule has 0 radical (unpaired) electrons. The Morgan fingerprint density at radius 1 is 1.18 bits per heavy atom. The van der Waals surface area contributed by atoms with E-state index in [1.54, 1.807) is 0 Å². The molecular weight excluding hydrogens is 152 g/mol. The first-order valence-corrected chi connectivity index (χ1v) is 2.81. The Kier molecular flexibility index (Phi) is 3.10. The molecule has 11 heavy (non-hydrogen) atoms. The Hall–Kier alpha value is -1.52. The van der Waals surface area contributed by atoms with Crippen LogP contribution in [-0.4, -0.2) is 27.3 Å². The quantitative estimate of drug-likeness (QED) is 0.406. The van der Waals surface area contributed by atoms with Crippen molar-refractivity contribution in [1.29, 1.82) is 0 Å². The normalized spacial score (nSPS) is 11.6. The third-order valence-electron chi connectivity index (χ3n) is 1.09. The molecule has 0 aliphatic rings. The smallest absolute Gasteiger partial charge is 0.325 e. The number of aliphatic hydroxyl groups is 1. The summed E-state index contributed by atoms with van der Waals surface area (Å²) in [5.41, 5.74) is 0. The summed E-state index contributed by atoms with van der Waals surface area (Å²) in [6.45, 7) is 1.36. The molecule has 0 saturated heterocycles. The second kappa shape index (κ2) is 3.60. The zero-order valence-corrected chi connectivity index (χ0v) is 5.81. The SMILES string of the molecule is CC=C(O)C(C(=O)O)C(=O)O. The van der Waals surface area contributed by atoms with Crippen molar-refractivity contribution >= 4 is 11.9 Å². The molecule has 0 bridgehead atoms. The largest absolute Gasteiger partial charge is 0.511 e. The van der Waals surface area contributed by atoms with Crippen molar-refractivity contribution in [3.8, 4) is 0 Å². The highest BCUT2D eigenvalue weighted by molar-refractivity contribution is 5.95. The molecule has 0 atom stereocenters. The minimum absolute atomic E-state index is 0.662. The second-order valence-corrected chi connectivity index (χ2v) is 1.82. The first-order valence-electron chi connectivity index (χ1n) is 2.81. The summed E-state index contributed by atoms with van der Waals surface area (Å²) in [4.78, 5) is 20.3. The molecule has 0 aromatic rings. The predicted molar refractivity (Wildman–Crippen MR) is 35.1 cm³/mol. The van der Waals surface area contributed by atoms with Crippen LogP contribution in [0.3, 0.4) is 0 Å². The monoisotopic (exact) mass is 160 g/mol. The molecule has 0 aromatic carbocycles. The number of carbonyl (C=O) groups is 2. The lowest BCUT2D eigenvalue weighted by Crippen LogP contribution is -2.25. The highest BCUT2D eigenvalue weighted by Gasteiger charge is 2.29. The molecule has 5 heteroatoms. The molecule has 0 unspecified atom stereocenters. The molecule has 62 valence electrons. The Balaban J connectivity index is 4.62. The van der Waals surface area contributed by atoms with Crippen molar-refractivity contribution in [2.45, 2.75) is 6.92 Å². The first-order chi connectivity index (χ1) is 5.00. The van der Waals surface area contributed by atoms with E-state index in [1.165, 1.54) is 6.92 Å². The van der Waals surface area contributed by atoms with Gasteiger partial charge in [-0.1, -0.05) is 0 Å². The third kappa shape index (κ3) is 2.29. The van der Waals surface area contributed by atoms with Crippen LogP contribution < -0.4 is 0 Å². The van der Waals surface area contributed by atoms with Crippen molar-refractivity contribution in [2.75, 3.05) is 0 Å². The van der Waals surface area contributed by atoms with E-state index in [-0.39, 0.29) is 0 Å². The van der Waals surface area contributed by atoms with Crippen LogP contribution in [0.1, 0.15) is 6.92 Å². The van der Waals surface area contributed by atoms with E-state index < -0.39 is 23.6 Å². The lowest BCUT2D eigenvalue weighted by atomic mass is 10.1. The zero-order valence-electron chi connectivity index (χ0n) is 5.81. The van der Waals surface area contributed by atoms with Crippen LogP contribution in [0.15, 0.2) is 11.8 Å². The number of carboxylic acid groups (broad SMARTS) is 2. The molecule has 0 aromatic heterocycles. The standard InChI is InChI=1S/C6H8O5/c1-2-3(7)4(5(8)9)6(10)11/h2,4,7H,1H3,(H,8,9)(H,10,11). The molecule has 3 N–H and O–H groups in total. The fourth-order valence-electron chi connectivity index (χ4n) is 0.525.